The Morgan fingerprint density at radius 1 is 1.00 bits per heavy atom. The van der Waals surface area contributed by atoms with Gasteiger partial charge in [0.2, 0.25) is 0 Å². The summed E-state index contributed by atoms with van der Waals surface area (Å²) in [4.78, 5) is 9.70. The number of aromatic nitrogens is 1. The van der Waals surface area contributed by atoms with Crippen LogP contribution in [-0.4, -0.2) is 41.0 Å². The average molecular weight is 461 g/mol. The molecule has 0 atom stereocenters. The maximum absolute atomic E-state index is 6.63. The highest BCUT2D eigenvalue weighted by atomic mass is 35.5. The highest BCUT2D eigenvalue weighted by molar-refractivity contribution is 6.35. The van der Waals surface area contributed by atoms with E-state index < -0.39 is 0 Å². The lowest BCUT2D eigenvalue weighted by molar-refractivity contribution is 0.209. The van der Waals surface area contributed by atoms with Crippen molar-refractivity contribution in [3.8, 4) is 11.3 Å². The first-order valence-electron chi connectivity index (χ1n) is 11.8. The number of pyridine rings is 1. The Balaban J connectivity index is 1.52. The van der Waals surface area contributed by atoms with Gasteiger partial charge in [0, 0.05) is 55.1 Å². The molecule has 0 aliphatic carbocycles. The highest BCUT2D eigenvalue weighted by Crippen LogP contribution is 2.31. The van der Waals surface area contributed by atoms with E-state index in [1.807, 2.05) is 30.3 Å². The first-order chi connectivity index (χ1) is 16.0. The molecule has 0 saturated carbocycles. The van der Waals surface area contributed by atoms with Crippen molar-refractivity contribution in [1.82, 2.24) is 14.8 Å². The van der Waals surface area contributed by atoms with Crippen molar-refractivity contribution in [2.45, 2.75) is 32.7 Å². The SMILES string of the molecule is C=C(CCCC)N1CCN(C(=C)c2ccc3c(Cl)cc(-c4ccc(CN)cc4)nc3c2)CC1. The van der Waals surface area contributed by atoms with Crippen molar-refractivity contribution in [2.75, 3.05) is 26.2 Å². The fourth-order valence-corrected chi connectivity index (χ4v) is 4.60. The first kappa shape index (κ1) is 23.3. The van der Waals surface area contributed by atoms with E-state index in [1.54, 1.807) is 0 Å². The molecule has 3 aromatic rings. The molecule has 0 radical (unpaired) electrons. The van der Waals surface area contributed by atoms with Crippen molar-refractivity contribution in [2.24, 2.45) is 5.73 Å². The zero-order valence-electron chi connectivity index (χ0n) is 19.5. The Bertz CT molecular complexity index is 1140. The molecular formula is C28H33ClN4. The third-order valence-corrected chi connectivity index (χ3v) is 6.82. The van der Waals surface area contributed by atoms with E-state index in [-0.39, 0.29) is 0 Å². The Kier molecular flexibility index (Phi) is 7.36. The van der Waals surface area contributed by atoms with Crippen LogP contribution in [-0.2, 0) is 6.54 Å². The number of fused-ring (bicyclic) bond motifs is 1. The molecule has 1 aliphatic heterocycles. The van der Waals surface area contributed by atoms with Crippen LogP contribution in [0.5, 0.6) is 0 Å². The number of nitrogens with zero attached hydrogens (tertiary/aromatic N) is 3. The first-order valence-corrected chi connectivity index (χ1v) is 12.1. The van der Waals surface area contributed by atoms with E-state index in [0.717, 1.165) is 71.6 Å². The smallest absolute Gasteiger partial charge is 0.0731 e. The number of allylic oxidation sites excluding steroid dienone is 1. The van der Waals surface area contributed by atoms with Crippen molar-refractivity contribution in [3.05, 3.63) is 83.5 Å². The summed E-state index contributed by atoms with van der Waals surface area (Å²) in [7, 11) is 0. The maximum atomic E-state index is 6.63. The van der Waals surface area contributed by atoms with Gasteiger partial charge in [0.05, 0.1) is 16.2 Å². The zero-order valence-corrected chi connectivity index (χ0v) is 20.2. The minimum Gasteiger partial charge on any atom is -0.372 e. The summed E-state index contributed by atoms with van der Waals surface area (Å²) >= 11 is 6.63. The molecule has 0 amide bonds. The van der Waals surface area contributed by atoms with E-state index in [2.05, 4.69) is 48.1 Å². The second kappa shape index (κ2) is 10.4. The molecule has 0 bridgehead atoms. The number of hydrogen-bond donors (Lipinski definition) is 1. The average Bonchev–Trinajstić information content (AvgIpc) is 2.86. The van der Waals surface area contributed by atoms with E-state index >= 15 is 0 Å². The van der Waals surface area contributed by atoms with Gasteiger partial charge >= 0.3 is 0 Å². The third kappa shape index (κ3) is 5.23. The van der Waals surface area contributed by atoms with Crippen LogP contribution in [0.25, 0.3) is 27.9 Å². The minimum atomic E-state index is 0.527. The van der Waals surface area contributed by atoms with E-state index in [9.17, 15) is 0 Å². The van der Waals surface area contributed by atoms with E-state index in [0.29, 0.717) is 11.6 Å². The monoisotopic (exact) mass is 460 g/mol. The predicted octanol–water partition coefficient (Wildman–Crippen LogP) is 6.31. The second-order valence-electron chi connectivity index (χ2n) is 8.71. The van der Waals surface area contributed by atoms with Crippen molar-refractivity contribution in [1.29, 1.82) is 0 Å². The molecule has 4 nitrogen and oxygen atoms in total. The Hall–Kier alpha value is -2.82. The van der Waals surface area contributed by atoms with Crippen LogP contribution in [0, 0.1) is 0 Å². The van der Waals surface area contributed by atoms with Gasteiger partial charge in [-0.3, -0.25) is 0 Å². The van der Waals surface area contributed by atoms with E-state index in [4.69, 9.17) is 22.3 Å². The molecule has 1 fully saturated rings. The molecule has 5 heteroatoms. The highest BCUT2D eigenvalue weighted by Gasteiger charge is 2.20. The molecular weight excluding hydrogens is 428 g/mol. The second-order valence-corrected chi connectivity index (χ2v) is 9.12. The Morgan fingerprint density at radius 3 is 2.36 bits per heavy atom. The molecule has 1 aromatic heterocycles. The molecule has 2 heterocycles. The van der Waals surface area contributed by atoms with Crippen LogP contribution in [0.1, 0.15) is 37.3 Å². The van der Waals surface area contributed by atoms with Gasteiger partial charge in [-0.05, 0) is 36.1 Å². The van der Waals surface area contributed by atoms with Crippen LogP contribution in [0.2, 0.25) is 5.02 Å². The van der Waals surface area contributed by atoms with Crippen molar-refractivity contribution < 1.29 is 0 Å². The van der Waals surface area contributed by atoms with Gasteiger partial charge in [0.15, 0.2) is 0 Å². The summed E-state index contributed by atoms with van der Waals surface area (Å²) in [6.45, 7) is 15.3. The number of hydrogen-bond acceptors (Lipinski definition) is 4. The van der Waals surface area contributed by atoms with E-state index in [1.165, 1.54) is 18.5 Å². The van der Waals surface area contributed by atoms with Gasteiger partial charge in [0.1, 0.15) is 0 Å². The third-order valence-electron chi connectivity index (χ3n) is 6.51. The molecule has 1 saturated heterocycles. The summed E-state index contributed by atoms with van der Waals surface area (Å²) in [5.74, 6) is 0. The summed E-state index contributed by atoms with van der Waals surface area (Å²) in [6.07, 6.45) is 3.50. The zero-order chi connectivity index (χ0) is 23.4. The van der Waals surface area contributed by atoms with Crippen LogP contribution in [0.4, 0.5) is 0 Å². The van der Waals surface area contributed by atoms with Gasteiger partial charge in [-0.25, -0.2) is 4.98 Å². The number of rotatable bonds is 8. The normalized spacial score (nSPS) is 14.0. The molecule has 33 heavy (non-hydrogen) atoms. The van der Waals surface area contributed by atoms with Crippen LogP contribution < -0.4 is 5.73 Å². The Morgan fingerprint density at radius 2 is 1.70 bits per heavy atom. The molecule has 2 N–H and O–H groups in total. The Labute approximate surface area is 202 Å². The lowest BCUT2D eigenvalue weighted by Gasteiger charge is -2.39. The summed E-state index contributed by atoms with van der Waals surface area (Å²) in [5, 5.41) is 1.65. The van der Waals surface area contributed by atoms with Crippen LogP contribution in [0.15, 0.2) is 67.4 Å². The molecule has 2 aromatic carbocycles. The fourth-order valence-electron chi connectivity index (χ4n) is 4.34. The molecule has 0 unspecified atom stereocenters. The lowest BCUT2D eigenvalue weighted by atomic mass is 10.0. The minimum absolute atomic E-state index is 0.527. The topological polar surface area (TPSA) is 45.4 Å². The van der Waals surface area contributed by atoms with Gasteiger partial charge in [0.25, 0.3) is 0 Å². The van der Waals surface area contributed by atoms with Gasteiger partial charge in [-0.15, -0.1) is 0 Å². The predicted molar refractivity (Wildman–Crippen MR) is 141 cm³/mol. The van der Waals surface area contributed by atoms with Crippen LogP contribution in [0.3, 0.4) is 0 Å². The van der Waals surface area contributed by atoms with Gasteiger partial charge in [-0.2, -0.15) is 0 Å². The standard InChI is InChI=1S/C28H33ClN4/c1-4-5-6-20(2)32-13-15-33(16-14-32)21(3)24-11-12-25-26(29)18-27(31-28(25)17-24)23-9-7-22(19-30)8-10-23/h7-12,17-18H,2-6,13-16,19,30H2,1H3. The summed E-state index contributed by atoms with van der Waals surface area (Å²) in [6, 6.07) is 16.3. The number of unbranched alkanes of at least 4 members (excludes halogenated alkanes) is 1. The number of nitrogens with two attached hydrogens (primary N) is 1. The molecule has 1 aliphatic rings. The van der Waals surface area contributed by atoms with Crippen LogP contribution >= 0.6 is 11.6 Å². The number of piperazine rings is 1. The molecule has 0 spiro atoms. The quantitative estimate of drug-likeness (QED) is 0.428. The van der Waals surface area contributed by atoms with Crippen molar-refractivity contribution >= 4 is 28.2 Å². The summed E-state index contributed by atoms with van der Waals surface area (Å²) in [5.41, 5.74) is 13.0. The molecule has 172 valence electrons. The number of halogens is 1. The summed E-state index contributed by atoms with van der Waals surface area (Å²) < 4.78 is 0. The largest absolute Gasteiger partial charge is 0.372 e. The molecule has 4 rings (SSSR count). The lowest BCUT2D eigenvalue weighted by Crippen LogP contribution is -2.44. The van der Waals surface area contributed by atoms with Crippen molar-refractivity contribution in [3.63, 3.8) is 0 Å². The fraction of sp³-hybridized carbons (Fsp3) is 0.321. The van der Waals surface area contributed by atoms with Gasteiger partial charge < -0.3 is 15.5 Å². The number of benzene rings is 2. The maximum Gasteiger partial charge on any atom is 0.0731 e. The van der Waals surface area contributed by atoms with Gasteiger partial charge in [-0.1, -0.05) is 74.5 Å².